The molecule has 1 heterocycles. The highest BCUT2D eigenvalue weighted by Gasteiger charge is 2.16. The van der Waals surface area contributed by atoms with Gasteiger partial charge in [0.2, 0.25) is 5.91 Å². The van der Waals surface area contributed by atoms with Gasteiger partial charge < -0.3 is 0 Å². The largest absolute Gasteiger partial charge is 0.274 e. The van der Waals surface area contributed by atoms with Crippen LogP contribution in [0.15, 0.2) is 29.2 Å². The number of rotatable bonds is 3. The van der Waals surface area contributed by atoms with Gasteiger partial charge in [-0.15, -0.1) is 5.10 Å². The van der Waals surface area contributed by atoms with Gasteiger partial charge in [0.1, 0.15) is 6.07 Å². The number of benzene rings is 1. The van der Waals surface area contributed by atoms with E-state index in [1.165, 1.54) is 28.9 Å². The third-order valence-electron chi connectivity index (χ3n) is 2.67. The van der Waals surface area contributed by atoms with Gasteiger partial charge in [-0.3, -0.25) is 4.79 Å². The quantitative estimate of drug-likeness (QED) is 0.869. The first kappa shape index (κ1) is 14.7. The molecule has 21 heavy (non-hydrogen) atoms. The van der Waals surface area contributed by atoms with E-state index in [9.17, 15) is 13.2 Å². The van der Waals surface area contributed by atoms with Crippen LogP contribution >= 0.6 is 0 Å². The standard InChI is InChI=1S/C12H11N5O3S/c1-8-12(7-13)14-16-17(8)10-3-5-11(6-4-10)21(19,20)15-9(2)18/h3-6H,1-2H3,(H,15,18). The fourth-order valence-electron chi connectivity index (χ4n) is 1.69. The average molecular weight is 305 g/mol. The van der Waals surface area contributed by atoms with Crippen molar-refractivity contribution < 1.29 is 13.2 Å². The lowest BCUT2D eigenvalue weighted by atomic mass is 10.3. The molecule has 2 rings (SSSR count). The first-order valence-electron chi connectivity index (χ1n) is 5.81. The molecule has 0 aliphatic heterocycles. The molecule has 0 fully saturated rings. The number of hydrogen-bond acceptors (Lipinski definition) is 6. The van der Waals surface area contributed by atoms with Crippen LogP contribution in [-0.2, 0) is 14.8 Å². The summed E-state index contributed by atoms with van der Waals surface area (Å²) in [4.78, 5) is 10.8. The van der Waals surface area contributed by atoms with Crippen LogP contribution in [0.4, 0.5) is 0 Å². The van der Waals surface area contributed by atoms with Gasteiger partial charge in [0.25, 0.3) is 10.0 Å². The number of nitriles is 1. The van der Waals surface area contributed by atoms with Crippen LogP contribution in [0.5, 0.6) is 0 Å². The lowest BCUT2D eigenvalue weighted by Gasteiger charge is -2.06. The summed E-state index contributed by atoms with van der Waals surface area (Å²) in [5.74, 6) is -0.662. The van der Waals surface area contributed by atoms with Crippen molar-refractivity contribution in [1.82, 2.24) is 19.7 Å². The fourth-order valence-corrected chi connectivity index (χ4v) is 2.68. The topological polar surface area (TPSA) is 118 Å². The summed E-state index contributed by atoms with van der Waals surface area (Å²) in [6.45, 7) is 2.80. The van der Waals surface area contributed by atoms with E-state index < -0.39 is 15.9 Å². The Labute approximate surface area is 121 Å². The molecule has 0 aliphatic carbocycles. The van der Waals surface area contributed by atoms with E-state index >= 15 is 0 Å². The zero-order valence-electron chi connectivity index (χ0n) is 11.2. The second kappa shape index (κ2) is 5.34. The van der Waals surface area contributed by atoms with Gasteiger partial charge in [-0.1, -0.05) is 5.21 Å². The Hall–Kier alpha value is -2.73. The Kier molecular flexibility index (Phi) is 3.73. The number of aromatic nitrogens is 3. The SMILES string of the molecule is CC(=O)NS(=O)(=O)c1ccc(-n2nnc(C#N)c2C)cc1. The van der Waals surface area contributed by atoms with E-state index in [0.717, 1.165) is 6.92 Å². The number of nitrogens with one attached hydrogen (secondary N) is 1. The summed E-state index contributed by atoms with van der Waals surface area (Å²) < 4.78 is 26.9. The van der Waals surface area contributed by atoms with Gasteiger partial charge in [0, 0.05) is 6.92 Å². The summed E-state index contributed by atoms with van der Waals surface area (Å²) in [7, 11) is -3.87. The Balaban J connectivity index is 2.38. The lowest BCUT2D eigenvalue weighted by Crippen LogP contribution is -2.28. The van der Waals surface area contributed by atoms with Crippen LogP contribution in [0.1, 0.15) is 18.3 Å². The molecule has 1 aromatic heterocycles. The summed E-state index contributed by atoms with van der Waals surface area (Å²) in [5.41, 5.74) is 1.31. The van der Waals surface area contributed by atoms with Crippen molar-refractivity contribution in [2.75, 3.05) is 0 Å². The molecular weight excluding hydrogens is 294 g/mol. The average Bonchev–Trinajstić information content (AvgIpc) is 2.78. The first-order chi connectivity index (χ1) is 9.85. The molecule has 108 valence electrons. The van der Waals surface area contributed by atoms with Gasteiger partial charge in [-0.25, -0.2) is 17.8 Å². The van der Waals surface area contributed by atoms with Gasteiger partial charge in [-0.05, 0) is 31.2 Å². The highest BCUT2D eigenvalue weighted by Crippen LogP contribution is 2.15. The summed E-state index contributed by atoms with van der Waals surface area (Å²) in [6.07, 6.45) is 0. The minimum Gasteiger partial charge on any atom is -0.274 e. The molecular formula is C12H11N5O3S. The maximum absolute atomic E-state index is 11.8. The molecule has 9 heteroatoms. The highest BCUT2D eigenvalue weighted by atomic mass is 32.2. The Morgan fingerprint density at radius 1 is 1.33 bits per heavy atom. The number of amides is 1. The molecule has 2 aromatic rings. The molecule has 0 radical (unpaired) electrons. The maximum Gasteiger partial charge on any atom is 0.264 e. The van der Waals surface area contributed by atoms with Crippen molar-refractivity contribution in [1.29, 1.82) is 5.26 Å². The van der Waals surface area contributed by atoms with Crippen molar-refractivity contribution in [2.24, 2.45) is 0 Å². The third kappa shape index (κ3) is 2.90. The van der Waals surface area contributed by atoms with Crippen molar-refractivity contribution in [3.8, 4) is 11.8 Å². The lowest BCUT2D eigenvalue weighted by molar-refractivity contribution is -0.117. The van der Waals surface area contributed by atoms with E-state index in [4.69, 9.17) is 5.26 Å². The first-order valence-corrected chi connectivity index (χ1v) is 7.29. The summed E-state index contributed by atoms with van der Waals surface area (Å²) >= 11 is 0. The van der Waals surface area contributed by atoms with Crippen LogP contribution in [-0.4, -0.2) is 29.3 Å². The minimum atomic E-state index is -3.87. The van der Waals surface area contributed by atoms with Gasteiger partial charge in [0.15, 0.2) is 5.69 Å². The van der Waals surface area contributed by atoms with E-state index in [-0.39, 0.29) is 10.6 Å². The maximum atomic E-state index is 11.8. The summed E-state index contributed by atoms with van der Waals surface area (Å²) in [6, 6.07) is 7.61. The fraction of sp³-hybridized carbons (Fsp3) is 0.167. The van der Waals surface area contributed by atoms with Crippen molar-refractivity contribution in [3.63, 3.8) is 0 Å². The zero-order chi connectivity index (χ0) is 15.6. The van der Waals surface area contributed by atoms with Crippen LogP contribution in [0.3, 0.4) is 0 Å². The number of carbonyl (C=O) groups is 1. The van der Waals surface area contributed by atoms with E-state index in [1.807, 2.05) is 10.8 Å². The summed E-state index contributed by atoms with van der Waals surface area (Å²) in [5, 5.41) is 16.3. The van der Waals surface area contributed by atoms with Crippen LogP contribution < -0.4 is 4.72 Å². The van der Waals surface area contributed by atoms with Crippen LogP contribution in [0, 0.1) is 18.3 Å². The minimum absolute atomic E-state index is 0.0419. The van der Waals surface area contributed by atoms with Crippen molar-refractivity contribution in [3.05, 3.63) is 35.7 Å². The van der Waals surface area contributed by atoms with Crippen LogP contribution in [0.25, 0.3) is 5.69 Å². The third-order valence-corrected chi connectivity index (χ3v) is 4.12. The van der Waals surface area contributed by atoms with Crippen molar-refractivity contribution >= 4 is 15.9 Å². The van der Waals surface area contributed by atoms with Gasteiger partial charge in [-0.2, -0.15) is 5.26 Å². The number of sulfonamides is 1. The van der Waals surface area contributed by atoms with Crippen molar-refractivity contribution in [2.45, 2.75) is 18.7 Å². The molecule has 1 aromatic carbocycles. The molecule has 1 N–H and O–H groups in total. The van der Waals surface area contributed by atoms with Crippen LogP contribution in [0.2, 0.25) is 0 Å². The zero-order valence-corrected chi connectivity index (χ0v) is 12.0. The second-order valence-corrected chi connectivity index (χ2v) is 5.89. The molecule has 0 bridgehead atoms. The molecule has 1 amide bonds. The smallest absolute Gasteiger partial charge is 0.264 e. The molecule has 0 spiro atoms. The Morgan fingerprint density at radius 3 is 2.43 bits per heavy atom. The number of carbonyl (C=O) groups excluding carboxylic acids is 1. The number of nitrogens with zero attached hydrogens (tertiary/aromatic N) is 4. The van der Waals surface area contributed by atoms with E-state index in [1.54, 1.807) is 6.92 Å². The highest BCUT2D eigenvalue weighted by molar-refractivity contribution is 7.90. The molecule has 8 nitrogen and oxygen atoms in total. The van der Waals surface area contributed by atoms with E-state index in [0.29, 0.717) is 11.4 Å². The van der Waals surface area contributed by atoms with Gasteiger partial charge in [0.05, 0.1) is 16.3 Å². The molecule has 0 unspecified atom stereocenters. The van der Waals surface area contributed by atoms with Gasteiger partial charge >= 0.3 is 0 Å². The second-order valence-electron chi connectivity index (χ2n) is 4.20. The molecule has 0 atom stereocenters. The molecule has 0 saturated carbocycles. The normalized spacial score (nSPS) is 10.9. The van der Waals surface area contributed by atoms with E-state index in [2.05, 4.69) is 10.3 Å². The Bertz CT molecular complexity index is 831. The molecule has 0 aliphatic rings. The monoisotopic (exact) mass is 305 g/mol. The predicted molar refractivity (Wildman–Crippen MR) is 71.8 cm³/mol. The Morgan fingerprint density at radius 2 is 1.95 bits per heavy atom. The molecule has 0 saturated heterocycles. The predicted octanol–water partition coefficient (Wildman–Crippen LogP) is 0.272. The number of hydrogen-bond donors (Lipinski definition) is 1.